The predicted molar refractivity (Wildman–Crippen MR) is 61.0 cm³/mol. The van der Waals surface area contributed by atoms with Gasteiger partial charge in [-0.25, -0.2) is 4.98 Å². The Morgan fingerprint density at radius 1 is 1.53 bits per heavy atom. The van der Waals surface area contributed by atoms with E-state index in [-0.39, 0.29) is 11.8 Å². The molecule has 0 bridgehead atoms. The number of carbonyl (C=O) groups is 1. The number of nitrogens with zero attached hydrogens (tertiary/aromatic N) is 4. The minimum atomic E-state index is -0.692. The fourth-order valence-electron chi connectivity index (χ4n) is 1.87. The van der Waals surface area contributed by atoms with Crippen LogP contribution in [0.25, 0.3) is 0 Å². The first kappa shape index (κ1) is 12.0. The second-order valence-corrected chi connectivity index (χ2v) is 4.92. The summed E-state index contributed by atoms with van der Waals surface area (Å²) in [5.41, 5.74) is -0.692. The quantitative estimate of drug-likeness (QED) is 0.795. The number of β-amino-alcohol motifs (C(OH)–C–C–N with tert-alkyl or cyclic N) is 1. The van der Waals surface area contributed by atoms with Gasteiger partial charge in [-0.05, 0) is 5.92 Å². The molecule has 17 heavy (non-hydrogen) atoms. The van der Waals surface area contributed by atoms with Crippen molar-refractivity contribution in [1.82, 2.24) is 19.7 Å². The molecule has 2 rings (SSSR count). The smallest absolute Gasteiger partial charge is 0.224 e. The van der Waals surface area contributed by atoms with Gasteiger partial charge < -0.3 is 10.0 Å². The summed E-state index contributed by atoms with van der Waals surface area (Å²) >= 11 is 0. The first-order valence-corrected chi connectivity index (χ1v) is 5.84. The highest BCUT2D eigenvalue weighted by Gasteiger charge is 2.45. The molecule has 6 nitrogen and oxygen atoms in total. The molecule has 6 heteroatoms. The highest BCUT2D eigenvalue weighted by atomic mass is 16.3. The molecule has 1 fully saturated rings. The zero-order valence-corrected chi connectivity index (χ0v) is 10.2. The number of amides is 1. The van der Waals surface area contributed by atoms with Crippen LogP contribution in [0.3, 0.4) is 0 Å². The molecule has 0 aromatic carbocycles. The molecule has 0 atom stereocenters. The van der Waals surface area contributed by atoms with E-state index in [1.54, 1.807) is 15.9 Å². The van der Waals surface area contributed by atoms with Crippen LogP contribution >= 0.6 is 0 Å². The molecule has 0 unspecified atom stereocenters. The largest absolute Gasteiger partial charge is 0.386 e. The summed E-state index contributed by atoms with van der Waals surface area (Å²) in [5, 5.41) is 14.0. The van der Waals surface area contributed by atoms with Crippen LogP contribution in [0.15, 0.2) is 12.7 Å². The standard InChI is InChI=1S/C11H18N4O2/c1-9(2)11(17)5-14(6-11)10(16)3-4-15-8-12-7-13-15/h7-9,17H,3-6H2,1-2H3. The van der Waals surface area contributed by atoms with E-state index in [0.29, 0.717) is 26.1 Å². The van der Waals surface area contributed by atoms with Gasteiger partial charge in [0.05, 0.1) is 19.6 Å². The Morgan fingerprint density at radius 2 is 2.24 bits per heavy atom. The fourth-order valence-corrected chi connectivity index (χ4v) is 1.87. The molecule has 0 radical (unpaired) electrons. The summed E-state index contributed by atoms with van der Waals surface area (Å²) in [7, 11) is 0. The maximum absolute atomic E-state index is 11.8. The Kier molecular flexibility index (Phi) is 3.15. The number of aliphatic hydroxyl groups is 1. The zero-order valence-electron chi connectivity index (χ0n) is 10.2. The van der Waals surface area contributed by atoms with Gasteiger partial charge >= 0.3 is 0 Å². The molecular weight excluding hydrogens is 220 g/mol. The van der Waals surface area contributed by atoms with E-state index in [1.807, 2.05) is 13.8 Å². The highest BCUT2D eigenvalue weighted by Crippen LogP contribution is 2.28. The number of aryl methyl sites for hydroxylation is 1. The lowest BCUT2D eigenvalue weighted by Crippen LogP contribution is -2.66. The Hall–Kier alpha value is -1.43. The Labute approximate surface area is 100 Å². The summed E-state index contributed by atoms with van der Waals surface area (Å²) in [4.78, 5) is 17.3. The number of hydrogen-bond donors (Lipinski definition) is 1. The Balaban J connectivity index is 1.76. The van der Waals surface area contributed by atoms with Crippen LogP contribution in [-0.4, -0.2) is 49.4 Å². The highest BCUT2D eigenvalue weighted by molar-refractivity contribution is 5.77. The minimum Gasteiger partial charge on any atom is -0.386 e. The topological polar surface area (TPSA) is 71.2 Å². The van der Waals surface area contributed by atoms with Gasteiger partial charge in [-0.1, -0.05) is 13.8 Å². The number of hydrogen-bond acceptors (Lipinski definition) is 4. The molecule has 0 saturated carbocycles. The van der Waals surface area contributed by atoms with E-state index in [1.165, 1.54) is 6.33 Å². The first-order chi connectivity index (χ1) is 8.01. The van der Waals surface area contributed by atoms with Crippen LogP contribution in [0.5, 0.6) is 0 Å². The third kappa shape index (κ3) is 2.46. The second kappa shape index (κ2) is 4.44. The van der Waals surface area contributed by atoms with Crippen molar-refractivity contribution in [3.05, 3.63) is 12.7 Å². The monoisotopic (exact) mass is 238 g/mol. The van der Waals surface area contributed by atoms with Crippen LogP contribution in [0.4, 0.5) is 0 Å². The van der Waals surface area contributed by atoms with Crippen molar-refractivity contribution in [3.8, 4) is 0 Å². The van der Waals surface area contributed by atoms with Crippen molar-refractivity contribution in [2.24, 2.45) is 5.92 Å². The van der Waals surface area contributed by atoms with Gasteiger partial charge in [0, 0.05) is 6.42 Å². The molecule has 1 aliphatic heterocycles. The summed E-state index contributed by atoms with van der Waals surface area (Å²) in [6.07, 6.45) is 3.44. The molecule has 1 N–H and O–H groups in total. The number of likely N-dealkylation sites (tertiary alicyclic amines) is 1. The summed E-state index contributed by atoms with van der Waals surface area (Å²) in [6.45, 7) is 5.37. The van der Waals surface area contributed by atoms with E-state index in [9.17, 15) is 9.90 Å². The number of carbonyl (C=O) groups excluding carboxylic acids is 1. The Bertz CT molecular complexity index is 382. The summed E-state index contributed by atoms with van der Waals surface area (Å²) < 4.78 is 1.63. The van der Waals surface area contributed by atoms with Crippen molar-refractivity contribution in [1.29, 1.82) is 0 Å². The molecular formula is C11H18N4O2. The molecule has 0 spiro atoms. The van der Waals surface area contributed by atoms with Gasteiger partial charge in [-0.3, -0.25) is 9.48 Å². The third-order valence-electron chi connectivity index (χ3n) is 3.38. The normalized spacial score (nSPS) is 18.2. The van der Waals surface area contributed by atoms with Crippen LogP contribution in [0, 0.1) is 5.92 Å². The van der Waals surface area contributed by atoms with E-state index in [0.717, 1.165) is 0 Å². The molecule has 94 valence electrons. The molecule has 1 aromatic rings. The maximum atomic E-state index is 11.8. The van der Waals surface area contributed by atoms with E-state index in [2.05, 4.69) is 10.1 Å². The van der Waals surface area contributed by atoms with Gasteiger partial charge in [0.1, 0.15) is 18.3 Å². The molecule has 1 amide bonds. The van der Waals surface area contributed by atoms with Crippen molar-refractivity contribution in [2.45, 2.75) is 32.4 Å². The van der Waals surface area contributed by atoms with E-state index < -0.39 is 5.60 Å². The summed E-state index contributed by atoms with van der Waals surface area (Å²) in [6, 6.07) is 0. The van der Waals surface area contributed by atoms with Crippen molar-refractivity contribution in [2.75, 3.05) is 13.1 Å². The van der Waals surface area contributed by atoms with Gasteiger partial charge in [0.15, 0.2) is 0 Å². The molecule has 1 aliphatic rings. The maximum Gasteiger partial charge on any atom is 0.224 e. The second-order valence-electron chi connectivity index (χ2n) is 4.92. The molecule has 0 aliphatic carbocycles. The molecule has 2 heterocycles. The minimum absolute atomic E-state index is 0.0609. The van der Waals surface area contributed by atoms with Crippen LogP contribution in [-0.2, 0) is 11.3 Å². The van der Waals surface area contributed by atoms with E-state index in [4.69, 9.17) is 0 Å². The fraction of sp³-hybridized carbons (Fsp3) is 0.727. The molecule has 1 aromatic heterocycles. The van der Waals surface area contributed by atoms with Crippen molar-refractivity contribution in [3.63, 3.8) is 0 Å². The first-order valence-electron chi connectivity index (χ1n) is 5.84. The Morgan fingerprint density at radius 3 is 2.76 bits per heavy atom. The number of rotatable bonds is 4. The van der Waals surface area contributed by atoms with Gasteiger partial charge in [0.25, 0.3) is 0 Å². The van der Waals surface area contributed by atoms with Gasteiger partial charge in [-0.2, -0.15) is 5.10 Å². The van der Waals surface area contributed by atoms with Crippen LogP contribution in [0.2, 0.25) is 0 Å². The SMILES string of the molecule is CC(C)C1(O)CN(C(=O)CCn2cncn2)C1. The molecule has 1 saturated heterocycles. The van der Waals surface area contributed by atoms with E-state index >= 15 is 0 Å². The summed E-state index contributed by atoms with van der Waals surface area (Å²) in [5.74, 6) is 0.243. The van der Waals surface area contributed by atoms with Gasteiger partial charge in [-0.15, -0.1) is 0 Å². The lowest BCUT2D eigenvalue weighted by molar-refractivity contribution is -0.164. The van der Waals surface area contributed by atoms with Crippen LogP contribution in [0.1, 0.15) is 20.3 Å². The van der Waals surface area contributed by atoms with Gasteiger partial charge in [0.2, 0.25) is 5.91 Å². The predicted octanol–water partition coefficient (Wildman–Crippen LogP) is -0.103. The number of aromatic nitrogens is 3. The average molecular weight is 238 g/mol. The van der Waals surface area contributed by atoms with Crippen molar-refractivity contribution >= 4 is 5.91 Å². The third-order valence-corrected chi connectivity index (χ3v) is 3.38. The zero-order chi connectivity index (χ0) is 12.5. The van der Waals surface area contributed by atoms with Crippen molar-refractivity contribution < 1.29 is 9.90 Å². The lowest BCUT2D eigenvalue weighted by atomic mass is 9.83. The van der Waals surface area contributed by atoms with Crippen LogP contribution < -0.4 is 0 Å². The lowest BCUT2D eigenvalue weighted by Gasteiger charge is -2.49. The average Bonchev–Trinajstić information content (AvgIpc) is 2.73.